The van der Waals surface area contributed by atoms with Crippen molar-refractivity contribution in [3.05, 3.63) is 59.4 Å². The number of aromatic nitrogens is 1. The topological polar surface area (TPSA) is 16.1 Å². The van der Waals surface area contributed by atoms with Crippen molar-refractivity contribution in [2.45, 2.75) is 13.5 Å². The SMILES string of the molecule is CCN(Cc1cccnc1)c1ccc(Cl)cc1. The van der Waals surface area contributed by atoms with Crippen LogP contribution in [0.15, 0.2) is 48.8 Å². The summed E-state index contributed by atoms with van der Waals surface area (Å²) in [7, 11) is 0. The number of anilines is 1. The van der Waals surface area contributed by atoms with Gasteiger partial charge < -0.3 is 4.90 Å². The van der Waals surface area contributed by atoms with Gasteiger partial charge in [-0.25, -0.2) is 0 Å². The molecule has 0 radical (unpaired) electrons. The van der Waals surface area contributed by atoms with Crippen LogP contribution < -0.4 is 4.90 Å². The van der Waals surface area contributed by atoms with E-state index in [1.807, 2.05) is 36.5 Å². The van der Waals surface area contributed by atoms with Gasteiger partial charge >= 0.3 is 0 Å². The van der Waals surface area contributed by atoms with Crippen molar-refractivity contribution in [3.63, 3.8) is 0 Å². The van der Waals surface area contributed by atoms with Gasteiger partial charge in [0.25, 0.3) is 0 Å². The molecular formula is C14H15ClN2. The average molecular weight is 247 g/mol. The van der Waals surface area contributed by atoms with E-state index in [0.29, 0.717) is 0 Å². The van der Waals surface area contributed by atoms with E-state index in [0.717, 1.165) is 18.1 Å². The first-order chi connectivity index (χ1) is 8.29. The summed E-state index contributed by atoms with van der Waals surface area (Å²) in [5.41, 5.74) is 2.39. The lowest BCUT2D eigenvalue weighted by Crippen LogP contribution is -2.21. The minimum absolute atomic E-state index is 0.770. The van der Waals surface area contributed by atoms with Crippen molar-refractivity contribution in [3.8, 4) is 0 Å². The Balaban J connectivity index is 2.14. The summed E-state index contributed by atoms with van der Waals surface area (Å²) < 4.78 is 0. The van der Waals surface area contributed by atoms with Gasteiger partial charge in [-0.2, -0.15) is 0 Å². The Labute approximate surface area is 107 Å². The number of hydrogen-bond acceptors (Lipinski definition) is 2. The Kier molecular flexibility index (Phi) is 3.99. The maximum Gasteiger partial charge on any atom is 0.0444 e. The van der Waals surface area contributed by atoms with Crippen LogP contribution in [0.1, 0.15) is 12.5 Å². The van der Waals surface area contributed by atoms with E-state index in [1.165, 1.54) is 11.3 Å². The highest BCUT2D eigenvalue weighted by Gasteiger charge is 2.04. The molecule has 0 atom stereocenters. The largest absolute Gasteiger partial charge is 0.367 e. The second-order valence-corrected chi connectivity index (χ2v) is 4.29. The van der Waals surface area contributed by atoms with Crippen LogP contribution >= 0.6 is 11.6 Å². The summed E-state index contributed by atoms with van der Waals surface area (Å²) in [5, 5.41) is 0.770. The molecule has 0 spiro atoms. The van der Waals surface area contributed by atoms with Gasteiger partial charge in [0.05, 0.1) is 0 Å². The van der Waals surface area contributed by atoms with Crippen molar-refractivity contribution >= 4 is 17.3 Å². The Morgan fingerprint density at radius 2 is 1.94 bits per heavy atom. The molecule has 1 aromatic carbocycles. The first-order valence-corrected chi connectivity index (χ1v) is 6.07. The van der Waals surface area contributed by atoms with Crippen molar-refractivity contribution in [2.75, 3.05) is 11.4 Å². The number of nitrogens with zero attached hydrogens (tertiary/aromatic N) is 2. The summed E-state index contributed by atoms with van der Waals surface area (Å²) in [4.78, 5) is 6.42. The number of pyridine rings is 1. The first-order valence-electron chi connectivity index (χ1n) is 5.69. The van der Waals surface area contributed by atoms with Gasteiger partial charge in [-0.15, -0.1) is 0 Å². The maximum absolute atomic E-state index is 5.89. The molecule has 2 rings (SSSR count). The fourth-order valence-corrected chi connectivity index (χ4v) is 1.88. The van der Waals surface area contributed by atoms with Gasteiger partial charge in [-0.1, -0.05) is 17.7 Å². The Bertz CT molecular complexity index is 453. The van der Waals surface area contributed by atoms with Crippen LogP contribution in [-0.4, -0.2) is 11.5 Å². The molecular weight excluding hydrogens is 232 g/mol. The third kappa shape index (κ3) is 3.21. The van der Waals surface area contributed by atoms with Crippen LogP contribution in [0.3, 0.4) is 0 Å². The lowest BCUT2D eigenvalue weighted by Gasteiger charge is -2.23. The molecule has 0 saturated carbocycles. The highest BCUT2D eigenvalue weighted by molar-refractivity contribution is 6.30. The van der Waals surface area contributed by atoms with Gasteiger partial charge in [-0.05, 0) is 42.8 Å². The molecule has 17 heavy (non-hydrogen) atoms. The van der Waals surface area contributed by atoms with Gasteiger partial charge in [-0.3, -0.25) is 4.98 Å². The van der Waals surface area contributed by atoms with E-state index in [2.05, 4.69) is 22.9 Å². The summed E-state index contributed by atoms with van der Waals surface area (Å²) >= 11 is 5.89. The van der Waals surface area contributed by atoms with E-state index in [4.69, 9.17) is 11.6 Å². The molecule has 0 aliphatic rings. The normalized spacial score (nSPS) is 10.2. The molecule has 88 valence electrons. The number of rotatable bonds is 4. The van der Waals surface area contributed by atoms with E-state index in [9.17, 15) is 0 Å². The molecule has 0 amide bonds. The van der Waals surface area contributed by atoms with Gasteiger partial charge in [0, 0.05) is 36.2 Å². The molecule has 0 N–H and O–H groups in total. The van der Waals surface area contributed by atoms with Gasteiger partial charge in [0.15, 0.2) is 0 Å². The fraction of sp³-hybridized carbons (Fsp3) is 0.214. The molecule has 0 unspecified atom stereocenters. The van der Waals surface area contributed by atoms with E-state index >= 15 is 0 Å². The minimum Gasteiger partial charge on any atom is -0.367 e. The minimum atomic E-state index is 0.770. The molecule has 0 saturated heterocycles. The average Bonchev–Trinajstić information content (AvgIpc) is 2.38. The van der Waals surface area contributed by atoms with Crippen molar-refractivity contribution in [2.24, 2.45) is 0 Å². The fourth-order valence-electron chi connectivity index (χ4n) is 1.75. The van der Waals surface area contributed by atoms with E-state index < -0.39 is 0 Å². The molecule has 1 aromatic heterocycles. The van der Waals surface area contributed by atoms with Crippen LogP contribution in [0.2, 0.25) is 5.02 Å². The number of benzene rings is 1. The first kappa shape index (κ1) is 11.9. The van der Waals surface area contributed by atoms with Crippen LogP contribution in [-0.2, 0) is 6.54 Å². The Morgan fingerprint density at radius 3 is 2.53 bits per heavy atom. The van der Waals surface area contributed by atoms with Crippen molar-refractivity contribution < 1.29 is 0 Å². The molecule has 3 heteroatoms. The van der Waals surface area contributed by atoms with Crippen LogP contribution in [0, 0.1) is 0 Å². The predicted octanol–water partition coefficient (Wildman–Crippen LogP) is 3.76. The predicted molar refractivity (Wildman–Crippen MR) is 72.4 cm³/mol. The zero-order chi connectivity index (χ0) is 12.1. The molecule has 0 fully saturated rings. The highest BCUT2D eigenvalue weighted by Crippen LogP contribution is 2.19. The monoisotopic (exact) mass is 246 g/mol. The van der Waals surface area contributed by atoms with Gasteiger partial charge in [0.2, 0.25) is 0 Å². The van der Waals surface area contributed by atoms with Crippen LogP contribution in [0.5, 0.6) is 0 Å². The van der Waals surface area contributed by atoms with Crippen molar-refractivity contribution in [1.29, 1.82) is 0 Å². The third-order valence-corrected chi connectivity index (χ3v) is 2.92. The molecule has 0 bridgehead atoms. The molecule has 1 heterocycles. The van der Waals surface area contributed by atoms with Crippen LogP contribution in [0.4, 0.5) is 5.69 Å². The maximum atomic E-state index is 5.89. The number of hydrogen-bond donors (Lipinski definition) is 0. The lowest BCUT2D eigenvalue weighted by molar-refractivity contribution is 0.828. The van der Waals surface area contributed by atoms with Crippen LogP contribution in [0.25, 0.3) is 0 Å². The number of halogens is 1. The third-order valence-electron chi connectivity index (χ3n) is 2.67. The highest BCUT2D eigenvalue weighted by atomic mass is 35.5. The van der Waals surface area contributed by atoms with E-state index in [-0.39, 0.29) is 0 Å². The Hall–Kier alpha value is -1.54. The molecule has 2 nitrogen and oxygen atoms in total. The van der Waals surface area contributed by atoms with Gasteiger partial charge in [0.1, 0.15) is 0 Å². The quantitative estimate of drug-likeness (QED) is 0.817. The summed E-state index contributed by atoms with van der Waals surface area (Å²) in [6.07, 6.45) is 3.70. The standard InChI is InChI=1S/C14H15ClN2/c1-2-17(11-12-4-3-9-16-10-12)14-7-5-13(15)6-8-14/h3-10H,2,11H2,1H3. The molecule has 0 aliphatic heterocycles. The van der Waals surface area contributed by atoms with Crippen molar-refractivity contribution in [1.82, 2.24) is 4.98 Å². The summed E-state index contributed by atoms with van der Waals surface area (Å²) in [6.45, 7) is 3.97. The second kappa shape index (κ2) is 5.69. The molecule has 0 aliphatic carbocycles. The molecule has 2 aromatic rings. The van der Waals surface area contributed by atoms with E-state index in [1.54, 1.807) is 6.20 Å². The smallest absolute Gasteiger partial charge is 0.0444 e. The zero-order valence-corrected chi connectivity index (χ0v) is 10.6. The Morgan fingerprint density at radius 1 is 1.18 bits per heavy atom. The lowest BCUT2D eigenvalue weighted by atomic mass is 10.2. The summed E-state index contributed by atoms with van der Waals surface area (Å²) in [5.74, 6) is 0. The zero-order valence-electron chi connectivity index (χ0n) is 9.81. The second-order valence-electron chi connectivity index (χ2n) is 3.85. The summed E-state index contributed by atoms with van der Waals surface area (Å²) in [6, 6.07) is 12.0.